The van der Waals surface area contributed by atoms with Crippen molar-refractivity contribution in [2.75, 3.05) is 13.2 Å². The van der Waals surface area contributed by atoms with Gasteiger partial charge in [0.1, 0.15) is 18.8 Å². The van der Waals surface area contributed by atoms with E-state index in [0.29, 0.717) is 12.8 Å². The van der Waals surface area contributed by atoms with Crippen molar-refractivity contribution in [1.29, 1.82) is 0 Å². The smallest absolute Gasteiger partial charge is 0.306 e. The number of hydrogen-bond acceptors (Lipinski definition) is 13. The van der Waals surface area contributed by atoms with Crippen LogP contribution in [0.2, 0.25) is 0 Å². The molecule has 0 aromatic heterocycles. The van der Waals surface area contributed by atoms with Crippen LogP contribution in [0.25, 0.3) is 0 Å². The normalized spacial score (nSPS) is 24.0. The summed E-state index contributed by atoms with van der Waals surface area (Å²) in [7, 11) is 0. The summed E-state index contributed by atoms with van der Waals surface area (Å²) in [6.07, 6.45) is -0.532. The van der Waals surface area contributed by atoms with Crippen LogP contribution >= 0.6 is 0 Å². The molecule has 0 amide bonds. The third-order valence-corrected chi connectivity index (χ3v) is 6.99. The van der Waals surface area contributed by atoms with Crippen LogP contribution < -0.4 is 0 Å². The topological polar surface area (TPSA) is 184 Å². The minimum Gasteiger partial charge on any atom is -0.463 e. The fraction of sp³-hybridized carbons (Fsp3) is 0.867. The highest BCUT2D eigenvalue weighted by Gasteiger charge is 2.55. The molecule has 0 bridgehead atoms. The van der Waals surface area contributed by atoms with Gasteiger partial charge in [-0.1, -0.05) is 65.2 Å². The predicted octanol–water partition coefficient (Wildman–Crippen LogP) is 2.83. The molecule has 0 aromatic carbocycles. The monoisotopic (exact) mass is 620 g/mol. The van der Waals surface area contributed by atoms with Crippen molar-refractivity contribution in [2.45, 2.75) is 154 Å². The first-order chi connectivity index (χ1) is 20.4. The molecular formula is C30H52O13. The van der Waals surface area contributed by atoms with Gasteiger partial charge in [0.15, 0.2) is 24.1 Å². The quantitative estimate of drug-likeness (QED) is 0.0737. The molecule has 13 nitrogen and oxygen atoms in total. The van der Waals surface area contributed by atoms with E-state index in [4.69, 9.17) is 28.4 Å². The maximum absolute atomic E-state index is 13.0. The Bertz CT molecular complexity index is 846. The van der Waals surface area contributed by atoms with Gasteiger partial charge in [0.05, 0.1) is 6.61 Å². The Hall–Kier alpha value is -2.32. The molecule has 0 saturated carbocycles. The van der Waals surface area contributed by atoms with Gasteiger partial charge in [-0.15, -0.1) is 0 Å². The average Bonchev–Trinajstić information content (AvgIpc) is 2.93. The molecule has 0 aromatic rings. The van der Waals surface area contributed by atoms with Crippen molar-refractivity contribution in [3.63, 3.8) is 0 Å². The average molecular weight is 621 g/mol. The van der Waals surface area contributed by atoms with E-state index >= 15 is 0 Å². The predicted molar refractivity (Wildman–Crippen MR) is 152 cm³/mol. The van der Waals surface area contributed by atoms with Gasteiger partial charge in [-0.3, -0.25) is 19.2 Å². The van der Waals surface area contributed by atoms with E-state index in [2.05, 4.69) is 13.8 Å². The molecule has 0 unspecified atom stereocenters. The van der Waals surface area contributed by atoms with E-state index in [-0.39, 0.29) is 12.8 Å². The van der Waals surface area contributed by atoms with Crippen molar-refractivity contribution < 1.29 is 62.9 Å². The molecule has 0 aliphatic carbocycles. The lowest BCUT2D eigenvalue weighted by Crippen LogP contribution is -2.65. The van der Waals surface area contributed by atoms with Crippen LogP contribution in [0.3, 0.4) is 0 Å². The van der Waals surface area contributed by atoms with Crippen LogP contribution in [0.4, 0.5) is 0 Å². The van der Waals surface area contributed by atoms with Crippen molar-refractivity contribution >= 4 is 23.9 Å². The van der Waals surface area contributed by atoms with E-state index in [1.165, 1.54) is 0 Å². The second kappa shape index (κ2) is 20.6. The first-order valence-corrected chi connectivity index (χ1v) is 15.4. The van der Waals surface area contributed by atoms with Gasteiger partial charge in [0.2, 0.25) is 6.29 Å². The van der Waals surface area contributed by atoms with Crippen molar-refractivity contribution in [3.8, 4) is 0 Å². The van der Waals surface area contributed by atoms with E-state index < -0.39 is 79.7 Å². The first kappa shape index (κ1) is 38.7. The highest BCUT2D eigenvalue weighted by molar-refractivity contribution is 5.71. The molecule has 13 heteroatoms. The van der Waals surface area contributed by atoms with Crippen LogP contribution in [-0.4, -0.2) is 95.0 Å². The molecule has 1 heterocycles. The Morgan fingerprint density at radius 1 is 0.767 bits per heavy atom. The lowest BCUT2D eigenvalue weighted by molar-refractivity contribution is -0.375. The highest BCUT2D eigenvalue weighted by Crippen LogP contribution is 2.33. The van der Waals surface area contributed by atoms with E-state index in [9.17, 15) is 34.5 Å². The Kier molecular flexibility index (Phi) is 18.5. The van der Waals surface area contributed by atoms with E-state index in [1.54, 1.807) is 0 Å². The minimum absolute atomic E-state index is 0.0236. The Morgan fingerprint density at radius 3 is 1.74 bits per heavy atom. The molecule has 1 rings (SSSR count). The molecule has 1 fully saturated rings. The summed E-state index contributed by atoms with van der Waals surface area (Å²) in [6.45, 7) is 6.12. The van der Waals surface area contributed by atoms with E-state index in [0.717, 1.165) is 72.1 Å². The maximum atomic E-state index is 13.0. The summed E-state index contributed by atoms with van der Waals surface area (Å²) >= 11 is 0. The summed E-state index contributed by atoms with van der Waals surface area (Å²) in [5.74, 6) is -5.21. The minimum atomic E-state index is -2.42. The SMILES string of the molecule is CCCCCCCC(=O)O[C@@H]1[C@H](OC(=O)CCCCCCC)[C@H](O[C@](C)(O)[C@H](O)CO)O[C@H](COC(C)=O)[C@H]1OC(C)=O. The zero-order chi connectivity index (χ0) is 32.4. The summed E-state index contributed by atoms with van der Waals surface area (Å²) in [5, 5.41) is 30.3. The number of esters is 4. The van der Waals surface area contributed by atoms with E-state index in [1.807, 2.05) is 0 Å². The summed E-state index contributed by atoms with van der Waals surface area (Å²) in [6, 6.07) is 0. The number of carbonyl (C=O) groups is 4. The second-order valence-corrected chi connectivity index (χ2v) is 11.0. The van der Waals surface area contributed by atoms with Crippen LogP contribution in [0.15, 0.2) is 0 Å². The Morgan fingerprint density at radius 2 is 1.28 bits per heavy atom. The molecule has 7 atom stereocenters. The highest BCUT2D eigenvalue weighted by atomic mass is 16.8. The Balaban J connectivity index is 3.39. The van der Waals surface area contributed by atoms with Crippen molar-refractivity contribution in [3.05, 3.63) is 0 Å². The fourth-order valence-electron chi connectivity index (χ4n) is 4.55. The lowest BCUT2D eigenvalue weighted by Gasteiger charge is -2.46. The van der Waals surface area contributed by atoms with Gasteiger partial charge in [0.25, 0.3) is 0 Å². The van der Waals surface area contributed by atoms with Crippen LogP contribution in [0.5, 0.6) is 0 Å². The fourth-order valence-corrected chi connectivity index (χ4v) is 4.55. The number of carbonyl (C=O) groups excluding carboxylic acids is 4. The molecular weight excluding hydrogens is 568 g/mol. The third kappa shape index (κ3) is 14.8. The number of unbranched alkanes of at least 4 members (excludes halogenated alkanes) is 8. The van der Waals surface area contributed by atoms with Crippen molar-refractivity contribution in [2.24, 2.45) is 0 Å². The summed E-state index contributed by atoms with van der Waals surface area (Å²) in [5.41, 5.74) is 0. The molecule has 3 N–H and O–H groups in total. The summed E-state index contributed by atoms with van der Waals surface area (Å²) in [4.78, 5) is 49.7. The van der Waals surface area contributed by atoms with Crippen LogP contribution in [0.1, 0.15) is 112 Å². The van der Waals surface area contributed by atoms with Crippen molar-refractivity contribution in [1.82, 2.24) is 0 Å². The lowest BCUT2D eigenvalue weighted by atomic mass is 9.97. The number of aliphatic hydroxyl groups is 3. The molecule has 1 saturated heterocycles. The van der Waals surface area contributed by atoms with Gasteiger partial charge < -0.3 is 43.7 Å². The number of hydrogen-bond donors (Lipinski definition) is 3. The molecule has 0 radical (unpaired) electrons. The largest absolute Gasteiger partial charge is 0.463 e. The van der Waals surface area contributed by atoms with Gasteiger partial charge in [0, 0.05) is 26.7 Å². The first-order valence-electron chi connectivity index (χ1n) is 15.4. The van der Waals surface area contributed by atoms with Gasteiger partial charge in [-0.2, -0.15) is 0 Å². The zero-order valence-electron chi connectivity index (χ0n) is 26.3. The van der Waals surface area contributed by atoms with Crippen LogP contribution in [0, 0.1) is 0 Å². The standard InChI is InChI=1S/C30H52O13/c1-6-8-10-12-14-16-24(35)41-27-26(39-21(4)33)22(19-38-20(3)32)40-29(43-30(5,37)23(34)18-31)28(27)42-25(36)17-15-13-11-9-7-2/h22-23,26-29,31,34,37H,6-19H2,1-5H3/t22-,23-,26-,27+,28+,29+,30+/m1/s1. The number of aliphatic hydroxyl groups excluding tert-OH is 2. The zero-order valence-corrected chi connectivity index (χ0v) is 26.3. The third-order valence-electron chi connectivity index (χ3n) is 6.99. The number of ether oxygens (including phenoxy) is 6. The van der Waals surface area contributed by atoms with Crippen LogP contribution in [-0.2, 0) is 47.6 Å². The molecule has 0 spiro atoms. The molecule has 250 valence electrons. The van der Waals surface area contributed by atoms with Gasteiger partial charge >= 0.3 is 23.9 Å². The second-order valence-electron chi connectivity index (χ2n) is 11.0. The summed E-state index contributed by atoms with van der Waals surface area (Å²) < 4.78 is 33.5. The maximum Gasteiger partial charge on any atom is 0.306 e. The number of rotatable bonds is 21. The van der Waals surface area contributed by atoms with Gasteiger partial charge in [-0.05, 0) is 19.8 Å². The molecule has 43 heavy (non-hydrogen) atoms. The molecule has 1 aliphatic heterocycles. The van der Waals surface area contributed by atoms with Gasteiger partial charge in [-0.25, -0.2) is 0 Å². The Labute approximate surface area is 254 Å². The molecule has 1 aliphatic rings.